The highest BCUT2D eigenvalue weighted by molar-refractivity contribution is 5.91. The van der Waals surface area contributed by atoms with Gasteiger partial charge in [0.05, 0.1) is 12.2 Å². The smallest absolute Gasteiger partial charge is 0.243 e. The summed E-state index contributed by atoms with van der Waals surface area (Å²) in [5, 5.41) is 13.7. The van der Waals surface area contributed by atoms with E-state index in [2.05, 4.69) is 51.2 Å². The number of hydrogen-bond donors (Lipinski definition) is 2. The molecule has 192 valence electrons. The molecule has 0 bridgehead atoms. The minimum Gasteiger partial charge on any atom is -0.502 e. The average Bonchev–Trinajstić information content (AvgIpc) is 2.80. The maximum absolute atomic E-state index is 12.4. The van der Waals surface area contributed by atoms with E-state index in [4.69, 9.17) is 9.47 Å². The van der Waals surface area contributed by atoms with E-state index in [-0.39, 0.29) is 23.9 Å². The van der Waals surface area contributed by atoms with E-state index < -0.39 is 0 Å². The summed E-state index contributed by atoms with van der Waals surface area (Å²) >= 11 is 0. The first-order chi connectivity index (χ1) is 16.7. The quantitative estimate of drug-likeness (QED) is 0.227. The lowest BCUT2D eigenvalue weighted by atomic mass is 10.0. The maximum atomic E-state index is 12.4. The lowest BCUT2D eigenvalue weighted by Crippen LogP contribution is -2.22. The van der Waals surface area contributed by atoms with Crippen LogP contribution >= 0.6 is 0 Å². The Bertz CT molecular complexity index is 947. The molecule has 0 spiro atoms. The molecule has 0 radical (unpaired) electrons. The highest BCUT2D eigenvalue weighted by Crippen LogP contribution is 2.39. The zero-order valence-corrected chi connectivity index (χ0v) is 22.3. The van der Waals surface area contributed by atoms with Crippen molar-refractivity contribution < 1.29 is 19.4 Å². The molecule has 0 aliphatic heterocycles. The summed E-state index contributed by atoms with van der Waals surface area (Å²) in [6.45, 7) is 13.0. The van der Waals surface area contributed by atoms with E-state index in [1.807, 2.05) is 13.8 Å². The second kappa shape index (κ2) is 14.4. The zero-order chi connectivity index (χ0) is 25.8. The van der Waals surface area contributed by atoms with Crippen LogP contribution in [0.1, 0.15) is 82.1 Å². The molecule has 0 saturated heterocycles. The van der Waals surface area contributed by atoms with Gasteiger partial charge in [-0.25, -0.2) is 0 Å². The molecule has 35 heavy (non-hydrogen) atoms. The Hall–Kier alpha value is -2.95. The van der Waals surface area contributed by atoms with Crippen molar-refractivity contribution in [2.45, 2.75) is 92.3 Å². The maximum Gasteiger partial charge on any atom is 0.243 e. The van der Waals surface area contributed by atoms with Gasteiger partial charge in [0.25, 0.3) is 0 Å². The summed E-state index contributed by atoms with van der Waals surface area (Å²) < 4.78 is 12.0. The third kappa shape index (κ3) is 9.67. The number of ether oxygens (including phenoxy) is 2. The predicted molar refractivity (Wildman–Crippen MR) is 144 cm³/mol. The molecule has 5 nitrogen and oxygen atoms in total. The van der Waals surface area contributed by atoms with Crippen LogP contribution in [-0.2, 0) is 11.2 Å². The highest BCUT2D eigenvalue weighted by atomic mass is 16.5. The molecule has 2 aromatic rings. The van der Waals surface area contributed by atoms with Gasteiger partial charge >= 0.3 is 0 Å². The molecule has 2 rings (SSSR count). The molecule has 1 amide bonds. The lowest BCUT2D eigenvalue weighted by molar-refractivity contribution is -0.116. The first-order valence-corrected chi connectivity index (χ1v) is 13.0. The van der Waals surface area contributed by atoms with Crippen molar-refractivity contribution >= 4 is 12.0 Å². The number of amides is 1. The Balaban J connectivity index is 2.02. The van der Waals surface area contributed by atoms with Crippen LogP contribution in [0.25, 0.3) is 6.08 Å². The Morgan fingerprint density at radius 2 is 1.57 bits per heavy atom. The van der Waals surface area contributed by atoms with Crippen LogP contribution in [0.2, 0.25) is 0 Å². The van der Waals surface area contributed by atoms with Gasteiger partial charge in [-0.2, -0.15) is 0 Å². The summed E-state index contributed by atoms with van der Waals surface area (Å²) in [7, 11) is 0. The topological polar surface area (TPSA) is 67.8 Å². The Morgan fingerprint density at radius 3 is 2.11 bits per heavy atom. The van der Waals surface area contributed by atoms with Crippen molar-refractivity contribution in [2.24, 2.45) is 0 Å². The zero-order valence-electron chi connectivity index (χ0n) is 22.3. The Kier molecular flexibility index (Phi) is 11.7. The van der Waals surface area contributed by atoms with Crippen molar-refractivity contribution in [3.8, 4) is 17.2 Å². The third-order valence-corrected chi connectivity index (χ3v) is 6.05. The van der Waals surface area contributed by atoms with E-state index in [9.17, 15) is 9.90 Å². The Labute approximate surface area is 211 Å². The van der Waals surface area contributed by atoms with Gasteiger partial charge in [-0.15, -0.1) is 0 Å². The fraction of sp³-hybridized carbons (Fsp3) is 0.500. The van der Waals surface area contributed by atoms with Crippen LogP contribution in [0.4, 0.5) is 0 Å². The van der Waals surface area contributed by atoms with Gasteiger partial charge in [0, 0.05) is 12.6 Å². The summed E-state index contributed by atoms with van der Waals surface area (Å²) in [6.07, 6.45) is 8.72. The molecule has 0 heterocycles. The van der Waals surface area contributed by atoms with Crippen molar-refractivity contribution in [1.82, 2.24) is 5.32 Å². The van der Waals surface area contributed by atoms with Crippen LogP contribution in [0, 0.1) is 13.8 Å². The molecule has 0 aliphatic carbocycles. The van der Waals surface area contributed by atoms with Crippen molar-refractivity contribution in [2.75, 3.05) is 6.54 Å². The second-order valence-electron chi connectivity index (χ2n) is 9.45. The van der Waals surface area contributed by atoms with E-state index >= 15 is 0 Å². The number of benzene rings is 2. The number of carbonyl (C=O) groups excluding carboxylic acids is 1. The first-order valence-electron chi connectivity index (χ1n) is 13.0. The fourth-order valence-electron chi connectivity index (χ4n) is 3.94. The van der Waals surface area contributed by atoms with E-state index in [0.717, 1.165) is 44.1 Å². The number of rotatable bonds is 14. The number of carbonyl (C=O) groups is 1. The molecule has 2 N–H and O–H groups in total. The molecule has 2 unspecified atom stereocenters. The van der Waals surface area contributed by atoms with Crippen LogP contribution in [0.5, 0.6) is 17.2 Å². The van der Waals surface area contributed by atoms with Gasteiger partial charge in [-0.05, 0) is 93.8 Å². The molecule has 0 saturated carbocycles. The molecule has 2 atom stereocenters. The normalized spacial score (nSPS) is 13.0. The van der Waals surface area contributed by atoms with Gasteiger partial charge in [0.2, 0.25) is 11.7 Å². The van der Waals surface area contributed by atoms with Gasteiger partial charge < -0.3 is 19.9 Å². The number of phenols is 1. The fourth-order valence-corrected chi connectivity index (χ4v) is 3.94. The molecule has 5 heteroatoms. The SMILES string of the molecule is CCCC(C)Oc1cc(C=CC(=O)NCCCc2ccc(C)c(C)c2)cc(OC(C)CCC)c1O. The number of nitrogens with one attached hydrogen (secondary N) is 1. The van der Waals surface area contributed by atoms with Crippen molar-refractivity contribution in [3.05, 3.63) is 58.7 Å². The standard InChI is InChI=1S/C30H43NO4/c1-7-10-23(5)34-27-19-26(20-28(30(27)33)35-24(6)11-8-2)15-16-29(32)31-17-9-12-25-14-13-21(3)22(4)18-25/h13-16,18-20,23-24,33H,7-12,17H2,1-6H3,(H,31,32). The monoisotopic (exact) mass is 481 g/mol. The van der Waals surface area contributed by atoms with E-state index in [0.29, 0.717) is 18.0 Å². The number of phenolic OH excluding ortho intramolecular Hbond substituents is 1. The summed E-state index contributed by atoms with van der Waals surface area (Å²) in [4.78, 5) is 12.4. The van der Waals surface area contributed by atoms with Crippen LogP contribution in [-0.4, -0.2) is 29.8 Å². The second-order valence-corrected chi connectivity index (χ2v) is 9.45. The molecular formula is C30H43NO4. The minimum atomic E-state index is -0.151. The number of hydrogen-bond acceptors (Lipinski definition) is 4. The largest absolute Gasteiger partial charge is 0.502 e. The molecule has 2 aromatic carbocycles. The van der Waals surface area contributed by atoms with Crippen molar-refractivity contribution in [3.63, 3.8) is 0 Å². The van der Waals surface area contributed by atoms with Gasteiger partial charge in [0.1, 0.15) is 0 Å². The predicted octanol–water partition coefficient (Wildman–Crippen LogP) is 6.91. The Morgan fingerprint density at radius 1 is 0.971 bits per heavy atom. The highest BCUT2D eigenvalue weighted by Gasteiger charge is 2.16. The number of aryl methyl sites for hydroxylation is 3. The summed E-state index contributed by atoms with van der Waals surface area (Å²) in [5.74, 6) is 0.604. The third-order valence-electron chi connectivity index (χ3n) is 6.05. The minimum absolute atomic E-state index is 0.00356. The summed E-state index contributed by atoms with van der Waals surface area (Å²) in [6, 6.07) is 10.0. The van der Waals surface area contributed by atoms with Crippen LogP contribution < -0.4 is 14.8 Å². The molecule has 0 aromatic heterocycles. The van der Waals surface area contributed by atoms with Gasteiger partial charge in [-0.1, -0.05) is 44.9 Å². The molecular weight excluding hydrogens is 438 g/mol. The van der Waals surface area contributed by atoms with E-state index in [1.165, 1.54) is 22.8 Å². The van der Waals surface area contributed by atoms with Gasteiger partial charge in [-0.3, -0.25) is 4.79 Å². The first kappa shape index (κ1) is 28.3. The summed E-state index contributed by atoms with van der Waals surface area (Å²) in [5.41, 5.74) is 4.62. The lowest BCUT2D eigenvalue weighted by Gasteiger charge is -2.20. The van der Waals surface area contributed by atoms with Crippen LogP contribution in [0.3, 0.4) is 0 Å². The number of aromatic hydroxyl groups is 1. The average molecular weight is 482 g/mol. The molecule has 0 fully saturated rings. The van der Waals surface area contributed by atoms with E-state index in [1.54, 1.807) is 18.2 Å². The molecule has 0 aliphatic rings. The van der Waals surface area contributed by atoms with Gasteiger partial charge in [0.15, 0.2) is 11.5 Å². The van der Waals surface area contributed by atoms with Crippen LogP contribution in [0.15, 0.2) is 36.4 Å². The van der Waals surface area contributed by atoms with Crippen molar-refractivity contribution in [1.29, 1.82) is 0 Å².